The number of hydrogen-bond donors (Lipinski definition) is 2. The topological polar surface area (TPSA) is 61.2 Å². The number of fused-ring (bicyclic) bond motifs is 1. The summed E-state index contributed by atoms with van der Waals surface area (Å²) in [4.78, 5) is 4.47. The molecule has 106 valence electrons. The molecule has 1 aromatic heterocycles. The van der Waals surface area contributed by atoms with E-state index in [0.717, 1.165) is 23.7 Å². The van der Waals surface area contributed by atoms with E-state index < -0.39 is 0 Å². The zero-order chi connectivity index (χ0) is 14.3. The van der Waals surface area contributed by atoms with Crippen LogP contribution in [0.25, 0.3) is 0 Å². The molecule has 3 N–H and O–H groups in total. The quantitative estimate of drug-likeness (QED) is 0.836. The molecule has 3 rings (SSSR count). The Morgan fingerprint density at radius 1 is 1.25 bits per heavy atom. The maximum Gasteiger partial charge on any atom is 0.158 e. The number of hydrogen-bond acceptors (Lipinski definition) is 4. The molecule has 5 nitrogen and oxygen atoms in total. The molecule has 0 radical (unpaired) electrons. The number of nitrogens with one attached hydrogen (secondary N) is 1. The molecule has 1 aliphatic heterocycles. The lowest BCUT2D eigenvalue weighted by Gasteiger charge is -2.46. The number of para-hydroxylation sites is 1. The van der Waals surface area contributed by atoms with Crippen molar-refractivity contribution in [2.24, 2.45) is 5.73 Å². The second kappa shape index (κ2) is 4.52. The highest BCUT2D eigenvalue weighted by molar-refractivity contribution is 5.60. The van der Waals surface area contributed by atoms with Crippen LogP contribution in [-0.2, 0) is 0 Å². The van der Waals surface area contributed by atoms with Gasteiger partial charge in [-0.3, -0.25) is 5.10 Å². The molecule has 0 aliphatic carbocycles. The van der Waals surface area contributed by atoms with Gasteiger partial charge in [-0.1, -0.05) is 18.2 Å². The fraction of sp³-hybridized carbons (Fsp3) is 0.400. The van der Waals surface area contributed by atoms with Gasteiger partial charge in [0.2, 0.25) is 0 Å². The van der Waals surface area contributed by atoms with E-state index in [9.17, 15) is 0 Å². The van der Waals surface area contributed by atoms with E-state index in [1.54, 1.807) is 0 Å². The number of aromatic amines is 1. The van der Waals surface area contributed by atoms with Crippen molar-refractivity contribution in [1.29, 1.82) is 0 Å². The third kappa shape index (κ3) is 2.04. The molecule has 5 heteroatoms. The van der Waals surface area contributed by atoms with E-state index in [0.29, 0.717) is 0 Å². The van der Waals surface area contributed by atoms with Crippen molar-refractivity contribution in [3.05, 3.63) is 42.1 Å². The largest absolute Gasteiger partial charge is 0.334 e. The lowest BCUT2D eigenvalue weighted by Crippen LogP contribution is -2.54. The van der Waals surface area contributed by atoms with Gasteiger partial charge in [-0.2, -0.15) is 5.10 Å². The highest BCUT2D eigenvalue weighted by atomic mass is 15.4. The van der Waals surface area contributed by atoms with Gasteiger partial charge in [0.25, 0.3) is 0 Å². The molecule has 1 unspecified atom stereocenters. The van der Waals surface area contributed by atoms with E-state index in [1.165, 1.54) is 0 Å². The lowest BCUT2D eigenvalue weighted by molar-refractivity contribution is 0.457. The average molecular weight is 271 g/mol. The third-order valence-electron chi connectivity index (χ3n) is 3.75. The smallest absolute Gasteiger partial charge is 0.158 e. The molecule has 0 spiro atoms. The van der Waals surface area contributed by atoms with Crippen molar-refractivity contribution < 1.29 is 0 Å². The van der Waals surface area contributed by atoms with Crippen LogP contribution >= 0.6 is 0 Å². The second-order valence-electron chi connectivity index (χ2n) is 6.15. The van der Waals surface area contributed by atoms with Crippen LogP contribution in [0, 0.1) is 0 Å². The number of H-pyrrole nitrogens is 1. The number of rotatable bonds is 1. The number of nitrogens with two attached hydrogens (primary N) is 1. The van der Waals surface area contributed by atoms with Gasteiger partial charge in [0.05, 0.1) is 12.2 Å². The molecule has 0 amide bonds. The summed E-state index contributed by atoms with van der Waals surface area (Å²) in [6, 6.07) is 10.3. The molecule has 0 bridgehead atoms. The van der Waals surface area contributed by atoms with Crippen LogP contribution in [0.3, 0.4) is 0 Å². The number of aromatic nitrogens is 2. The summed E-state index contributed by atoms with van der Waals surface area (Å²) in [5, 5.41) is 7.32. The summed E-state index contributed by atoms with van der Waals surface area (Å²) in [6.45, 7) is 7.29. The van der Waals surface area contributed by atoms with Crippen molar-refractivity contribution in [2.75, 3.05) is 16.5 Å². The Hall–Kier alpha value is -2.01. The molecular weight excluding hydrogens is 250 g/mol. The summed E-state index contributed by atoms with van der Waals surface area (Å²) in [7, 11) is 0. The zero-order valence-electron chi connectivity index (χ0n) is 12.2. The molecular formula is C15H21N5. The first-order valence-electron chi connectivity index (χ1n) is 6.87. The molecule has 1 aliphatic rings. The Kier molecular flexibility index (Phi) is 2.94. The Morgan fingerprint density at radius 3 is 2.60 bits per heavy atom. The van der Waals surface area contributed by atoms with Gasteiger partial charge in [-0.15, -0.1) is 0 Å². The lowest BCUT2D eigenvalue weighted by atomic mass is 10.0. The fourth-order valence-corrected chi connectivity index (χ4v) is 2.59. The van der Waals surface area contributed by atoms with Gasteiger partial charge >= 0.3 is 0 Å². The maximum absolute atomic E-state index is 6.41. The molecule has 2 heterocycles. The van der Waals surface area contributed by atoms with E-state index in [4.69, 9.17) is 5.73 Å². The molecule has 0 saturated heterocycles. The van der Waals surface area contributed by atoms with Crippen molar-refractivity contribution in [3.63, 3.8) is 0 Å². The Morgan fingerprint density at radius 2 is 1.95 bits per heavy atom. The van der Waals surface area contributed by atoms with Gasteiger partial charge in [0.1, 0.15) is 6.17 Å². The van der Waals surface area contributed by atoms with Gasteiger partial charge in [-0.25, -0.2) is 0 Å². The second-order valence-corrected chi connectivity index (χ2v) is 6.15. The normalized spacial score (nSPS) is 19.1. The predicted molar refractivity (Wildman–Crippen MR) is 81.5 cm³/mol. The minimum absolute atomic E-state index is 0.0168. The Bertz CT molecular complexity index is 584. The first-order chi connectivity index (χ1) is 9.48. The van der Waals surface area contributed by atoms with Crippen molar-refractivity contribution >= 4 is 11.5 Å². The molecule has 1 atom stereocenters. The summed E-state index contributed by atoms with van der Waals surface area (Å²) in [6.07, 6.45) is 1.72. The van der Waals surface area contributed by atoms with E-state index in [1.807, 2.05) is 24.4 Å². The van der Waals surface area contributed by atoms with E-state index in [2.05, 4.69) is 52.9 Å². The zero-order valence-corrected chi connectivity index (χ0v) is 12.2. The molecule has 2 aromatic rings. The number of nitrogens with zero attached hydrogens (tertiary/aromatic N) is 3. The monoisotopic (exact) mass is 271 g/mol. The van der Waals surface area contributed by atoms with Crippen LogP contribution < -0.4 is 15.5 Å². The van der Waals surface area contributed by atoms with Crippen LogP contribution in [0.5, 0.6) is 0 Å². The van der Waals surface area contributed by atoms with Crippen LogP contribution in [-0.4, -0.2) is 22.4 Å². The van der Waals surface area contributed by atoms with Crippen molar-refractivity contribution in [1.82, 2.24) is 10.2 Å². The standard InChI is InChI=1S/C15H21N5/c1-15(2,3)20-10-19(11-7-5-4-6-8-11)13(16)12-9-17-18-14(12)20/h4-9,13H,10,16H2,1-3H3,(H,17,18). The van der Waals surface area contributed by atoms with Crippen LogP contribution in [0.1, 0.15) is 32.5 Å². The highest BCUT2D eigenvalue weighted by Crippen LogP contribution is 2.37. The van der Waals surface area contributed by atoms with Gasteiger partial charge < -0.3 is 15.5 Å². The van der Waals surface area contributed by atoms with Crippen LogP contribution in [0.2, 0.25) is 0 Å². The number of benzene rings is 1. The maximum atomic E-state index is 6.41. The Labute approximate surface area is 119 Å². The Balaban J connectivity index is 2.04. The first kappa shape index (κ1) is 13.0. The fourth-order valence-electron chi connectivity index (χ4n) is 2.59. The molecule has 1 aromatic carbocycles. The van der Waals surface area contributed by atoms with E-state index in [-0.39, 0.29) is 11.7 Å². The van der Waals surface area contributed by atoms with Gasteiger partial charge in [0.15, 0.2) is 5.82 Å². The first-order valence-corrected chi connectivity index (χ1v) is 6.87. The van der Waals surface area contributed by atoms with E-state index >= 15 is 0 Å². The van der Waals surface area contributed by atoms with Crippen LogP contribution in [0.4, 0.5) is 11.5 Å². The van der Waals surface area contributed by atoms with Crippen LogP contribution in [0.15, 0.2) is 36.5 Å². The van der Waals surface area contributed by atoms with Crippen molar-refractivity contribution in [2.45, 2.75) is 32.5 Å². The number of anilines is 2. The third-order valence-corrected chi connectivity index (χ3v) is 3.75. The minimum atomic E-state index is -0.176. The molecule has 20 heavy (non-hydrogen) atoms. The summed E-state index contributed by atoms with van der Waals surface area (Å²) in [5.41, 5.74) is 8.56. The van der Waals surface area contributed by atoms with Crippen molar-refractivity contribution in [3.8, 4) is 0 Å². The summed E-state index contributed by atoms with van der Waals surface area (Å²) >= 11 is 0. The van der Waals surface area contributed by atoms with Gasteiger partial charge in [0, 0.05) is 17.4 Å². The minimum Gasteiger partial charge on any atom is -0.334 e. The SMILES string of the molecule is CC(C)(C)N1CN(c2ccccc2)C(N)c2c[nH]nc21. The summed E-state index contributed by atoms with van der Waals surface area (Å²) in [5.74, 6) is 0.956. The summed E-state index contributed by atoms with van der Waals surface area (Å²) < 4.78 is 0. The molecule has 0 fully saturated rings. The predicted octanol–water partition coefficient (Wildman–Crippen LogP) is 2.45. The molecule has 0 saturated carbocycles. The average Bonchev–Trinajstić information content (AvgIpc) is 2.88. The highest BCUT2D eigenvalue weighted by Gasteiger charge is 2.36. The van der Waals surface area contributed by atoms with Gasteiger partial charge in [-0.05, 0) is 32.9 Å².